The predicted octanol–water partition coefficient (Wildman–Crippen LogP) is 4.41. The molecule has 6 heteroatoms. The van der Waals surface area contributed by atoms with Gasteiger partial charge in [-0.15, -0.1) is 0 Å². The summed E-state index contributed by atoms with van der Waals surface area (Å²) in [4.78, 5) is 4.03. The summed E-state index contributed by atoms with van der Waals surface area (Å²) in [5, 5.41) is 0. The van der Waals surface area contributed by atoms with Gasteiger partial charge in [0.2, 0.25) is 0 Å². The van der Waals surface area contributed by atoms with Gasteiger partial charge in [0.05, 0.1) is 11.3 Å². The maximum absolute atomic E-state index is 13.2. The van der Waals surface area contributed by atoms with Crippen LogP contribution in [0.2, 0.25) is 0 Å². The molecule has 0 aliphatic heterocycles. The van der Waals surface area contributed by atoms with Crippen LogP contribution in [0.1, 0.15) is 37.7 Å². The molecule has 0 amide bonds. The van der Waals surface area contributed by atoms with E-state index in [2.05, 4.69) is 4.99 Å². The maximum Gasteiger partial charge on any atom is 0.419 e. The molecule has 1 aromatic rings. The third-order valence-electron chi connectivity index (χ3n) is 3.54. The number of hydrogen-bond acceptors (Lipinski definition) is 1. The minimum Gasteiger partial charge on any atom is -0.387 e. The Kier molecular flexibility index (Phi) is 4.30. The number of aliphatic imine (C=N–C) groups is 1. The normalized spacial score (nSPS) is 18.3. The zero-order valence-electron chi connectivity index (χ0n) is 10.9. The van der Waals surface area contributed by atoms with Gasteiger partial charge in [0.1, 0.15) is 11.7 Å². The fourth-order valence-corrected chi connectivity index (χ4v) is 2.44. The van der Waals surface area contributed by atoms with Crippen molar-refractivity contribution in [1.82, 2.24) is 0 Å². The second-order valence-electron chi connectivity index (χ2n) is 5.03. The van der Waals surface area contributed by atoms with Crippen LogP contribution in [0.3, 0.4) is 0 Å². The van der Waals surface area contributed by atoms with E-state index in [1.807, 2.05) is 0 Å². The lowest BCUT2D eigenvalue weighted by atomic mass is 9.88. The van der Waals surface area contributed by atoms with Gasteiger partial charge in [0, 0.05) is 5.92 Å². The van der Waals surface area contributed by atoms with Crippen LogP contribution >= 0.6 is 0 Å². The lowest BCUT2D eigenvalue weighted by Crippen LogP contribution is -2.25. The van der Waals surface area contributed by atoms with Crippen molar-refractivity contribution < 1.29 is 17.6 Å². The third-order valence-corrected chi connectivity index (χ3v) is 3.54. The molecule has 110 valence electrons. The molecular weight excluding hydrogens is 272 g/mol. The second-order valence-corrected chi connectivity index (χ2v) is 5.03. The summed E-state index contributed by atoms with van der Waals surface area (Å²) in [7, 11) is 0. The highest BCUT2D eigenvalue weighted by Crippen LogP contribution is 2.34. The van der Waals surface area contributed by atoms with Crippen molar-refractivity contribution >= 4 is 11.5 Å². The highest BCUT2D eigenvalue weighted by molar-refractivity contribution is 5.85. The van der Waals surface area contributed by atoms with Crippen molar-refractivity contribution in [3.8, 4) is 0 Å². The fraction of sp³-hybridized carbons (Fsp3) is 0.500. The SMILES string of the molecule is NC(=Nc1ccc(F)c(C(F)(F)F)c1)C1CCCCC1. The monoisotopic (exact) mass is 288 g/mol. The summed E-state index contributed by atoms with van der Waals surface area (Å²) < 4.78 is 51.0. The molecule has 20 heavy (non-hydrogen) atoms. The summed E-state index contributed by atoms with van der Waals surface area (Å²) >= 11 is 0. The minimum absolute atomic E-state index is 0.0433. The molecule has 1 saturated carbocycles. The van der Waals surface area contributed by atoms with Crippen LogP contribution in [-0.2, 0) is 6.18 Å². The highest BCUT2D eigenvalue weighted by Gasteiger charge is 2.34. The Bertz CT molecular complexity index is 502. The van der Waals surface area contributed by atoms with Gasteiger partial charge in [-0.25, -0.2) is 9.38 Å². The molecule has 2 rings (SSSR count). The summed E-state index contributed by atoms with van der Waals surface area (Å²) in [6.45, 7) is 0. The molecule has 1 aliphatic rings. The molecule has 2 nitrogen and oxygen atoms in total. The van der Waals surface area contributed by atoms with E-state index in [1.54, 1.807) is 0 Å². The summed E-state index contributed by atoms with van der Waals surface area (Å²) in [6.07, 6.45) is 0.343. The second kappa shape index (κ2) is 5.81. The Morgan fingerprint density at radius 2 is 1.80 bits per heavy atom. The maximum atomic E-state index is 13.2. The number of benzene rings is 1. The summed E-state index contributed by atoms with van der Waals surface area (Å²) in [5.74, 6) is -0.847. The molecule has 0 spiro atoms. The first-order chi connectivity index (χ1) is 9.38. The smallest absolute Gasteiger partial charge is 0.387 e. The van der Waals surface area contributed by atoms with E-state index < -0.39 is 17.6 Å². The van der Waals surface area contributed by atoms with Gasteiger partial charge in [-0.05, 0) is 31.0 Å². The Morgan fingerprint density at radius 1 is 1.15 bits per heavy atom. The Balaban J connectivity index is 2.24. The van der Waals surface area contributed by atoms with Gasteiger partial charge in [0.15, 0.2) is 0 Å². The average molecular weight is 288 g/mol. The van der Waals surface area contributed by atoms with Crippen molar-refractivity contribution in [1.29, 1.82) is 0 Å². The molecule has 0 bridgehead atoms. The molecule has 0 saturated heterocycles. The van der Waals surface area contributed by atoms with Gasteiger partial charge >= 0.3 is 6.18 Å². The number of hydrogen-bond donors (Lipinski definition) is 1. The molecular formula is C14H16F4N2. The number of nitrogens with two attached hydrogens (primary N) is 1. The lowest BCUT2D eigenvalue weighted by Gasteiger charge is -2.20. The molecule has 0 radical (unpaired) electrons. The zero-order chi connectivity index (χ0) is 14.8. The number of halogens is 4. The summed E-state index contributed by atoms with van der Waals surface area (Å²) in [5.41, 5.74) is 4.59. The molecule has 1 fully saturated rings. The van der Waals surface area contributed by atoms with Crippen LogP contribution in [0.4, 0.5) is 23.2 Å². The molecule has 0 aromatic heterocycles. The largest absolute Gasteiger partial charge is 0.419 e. The first kappa shape index (κ1) is 14.8. The first-order valence-electron chi connectivity index (χ1n) is 6.59. The van der Waals surface area contributed by atoms with Crippen LogP contribution in [-0.4, -0.2) is 5.84 Å². The van der Waals surface area contributed by atoms with Crippen LogP contribution in [0.25, 0.3) is 0 Å². The zero-order valence-corrected chi connectivity index (χ0v) is 10.9. The average Bonchev–Trinajstić information content (AvgIpc) is 2.40. The lowest BCUT2D eigenvalue weighted by molar-refractivity contribution is -0.139. The molecule has 2 N–H and O–H groups in total. The van der Waals surface area contributed by atoms with Crippen LogP contribution in [0, 0.1) is 11.7 Å². The van der Waals surface area contributed by atoms with E-state index in [0.29, 0.717) is 11.9 Å². The topological polar surface area (TPSA) is 38.4 Å². The predicted molar refractivity (Wildman–Crippen MR) is 69.3 cm³/mol. The minimum atomic E-state index is -4.73. The molecule has 0 unspecified atom stereocenters. The van der Waals surface area contributed by atoms with Gasteiger partial charge in [0.25, 0.3) is 0 Å². The number of amidine groups is 1. The van der Waals surface area contributed by atoms with Crippen molar-refractivity contribution in [2.24, 2.45) is 16.6 Å². The number of rotatable bonds is 2. The molecule has 0 atom stereocenters. The Labute approximate surface area is 114 Å². The van der Waals surface area contributed by atoms with Crippen LogP contribution in [0.15, 0.2) is 23.2 Å². The van der Waals surface area contributed by atoms with Gasteiger partial charge in [-0.1, -0.05) is 19.3 Å². The highest BCUT2D eigenvalue weighted by atomic mass is 19.4. The number of nitrogens with zero attached hydrogens (tertiary/aromatic N) is 1. The van der Waals surface area contributed by atoms with E-state index in [9.17, 15) is 17.6 Å². The quantitative estimate of drug-likeness (QED) is 0.488. The van der Waals surface area contributed by atoms with Crippen molar-refractivity contribution in [2.45, 2.75) is 38.3 Å². The Morgan fingerprint density at radius 3 is 2.40 bits per heavy atom. The molecule has 1 aromatic carbocycles. The van der Waals surface area contributed by atoms with Gasteiger partial charge in [-0.2, -0.15) is 13.2 Å². The van der Waals surface area contributed by atoms with E-state index in [-0.39, 0.29) is 11.6 Å². The standard InChI is InChI=1S/C14H16F4N2/c15-12-7-6-10(8-11(12)14(16,17)18)20-13(19)9-4-2-1-3-5-9/h6-9H,1-5H2,(H2,19,20). The number of alkyl halides is 3. The summed E-state index contributed by atoms with van der Waals surface area (Å²) in [6, 6.07) is 2.68. The van der Waals surface area contributed by atoms with Gasteiger partial charge < -0.3 is 5.73 Å². The van der Waals surface area contributed by atoms with Crippen molar-refractivity contribution in [2.75, 3.05) is 0 Å². The van der Waals surface area contributed by atoms with E-state index in [1.165, 1.54) is 6.07 Å². The first-order valence-corrected chi connectivity index (χ1v) is 6.59. The Hall–Kier alpha value is -1.59. The van der Waals surface area contributed by atoms with Gasteiger partial charge in [-0.3, -0.25) is 0 Å². The molecule has 1 aliphatic carbocycles. The van der Waals surface area contributed by atoms with E-state index in [0.717, 1.165) is 38.2 Å². The third kappa shape index (κ3) is 3.49. The van der Waals surface area contributed by atoms with E-state index in [4.69, 9.17) is 5.73 Å². The fourth-order valence-electron chi connectivity index (χ4n) is 2.44. The molecule has 0 heterocycles. The van der Waals surface area contributed by atoms with Crippen LogP contribution in [0.5, 0.6) is 0 Å². The van der Waals surface area contributed by atoms with E-state index >= 15 is 0 Å². The van der Waals surface area contributed by atoms with Crippen molar-refractivity contribution in [3.63, 3.8) is 0 Å². The van der Waals surface area contributed by atoms with Crippen molar-refractivity contribution in [3.05, 3.63) is 29.6 Å². The van der Waals surface area contributed by atoms with Crippen LogP contribution < -0.4 is 5.73 Å².